The van der Waals surface area contributed by atoms with Gasteiger partial charge < -0.3 is 10.1 Å². The van der Waals surface area contributed by atoms with Gasteiger partial charge in [-0.1, -0.05) is 29.4 Å². The molecule has 1 saturated heterocycles. The third-order valence-corrected chi connectivity index (χ3v) is 6.73. The lowest BCUT2D eigenvalue weighted by Gasteiger charge is -2.14. The van der Waals surface area contributed by atoms with Gasteiger partial charge in [0.2, 0.25) is 5.91 Å². The zero-order chi connectivity index (χ0) is 22.6. The van der Waals surface area contributed by atoms with Gasteiger partial charge in [0.15, 0.2) is 0 Å². The molecular formula is C19H18ClN3O6S2. The Balaban J connectivity index is 1.70. The van der Waals surface area contributed by atoms with Crippen LogP contribution in [0.4, 0.5) is 10.5 Å². The van der Waals surface area contributed by atoms with Gasteiger partial charge in [-0.3, -0.25) is 24.0 Å². The van der Waals surface area contributed by atoms with Crippen LogP contribution in [0, 0.1) is 0 Å². The molecular weight excluding hydrogens is 466 g/mol. The van der Waals surface area contributed by atoms with Crippen molar-refractivity contribution >= 4 is 56.1 Å². The van der Waals surface area contributed by atoms with Crippen LogP contribution in [0.2, 0.25) is 5.02 Å². The van der Waals surface area contributed by atoms with E-state index in [1.807, 2.05) is 0 Å². The van der Waals surface area contributed by atoms with Crippen molar-refractivity contribution < 1.29 is 27.5 Å². The topological polar surface area (TPSA) is 122 Å². The average molecular weight is 484 g/mol. The van der Waals surface area contributed by atoms with E-state index in [1.165, 1.54) is 43.5 Å². The highest BCUT2D eigenvalue weighted by atomic mass is 35.5. The monoisotopic (exact) mass is 483 g/mol. The van der Waals surface area contributed by atoms with Crippen LogP contribution in [0.5, 0.6) is 5.75 Å². The molecule has 3 amide bonds. The van der Waals surface area contributed by atoms with Crippen LogP contribution in [-0.4, -0.2) is 56.3 Å². The molecule has 1 aliphatic rings. The normalized spacial score (nSPS) is 13.9. The second-order valence-electron chi connectivity index (χ2n) is 6.33. The van der Waals surface area contributed by atoms with Crippen molar-refractivity contribution in [1.29, 1.82) is 0 Å². The summed E-state index contributed by atoms with van der Waals surface area (Å²) in [6.07, 6.45) is 0. The molecule has 1 heterocycles. The van der Waals surface area contributed by atoms with Gasteiger partial charge in [0, 0.05) is 23.7 Å². The molecule has 12 heteroatoms. The van der Waals surface area contributed by atoms with E-state index in [9.17, 15) is 22.8 Å². The molecule has 2 N–H and O–H groups in total. The number of methoxy groups -OCH3 is 1. The van der Waals surface area contributed by atoms with E-state index in [0.717, 1.165) is 16.7 Å². The van der Waals surface area contributed by atoms with Crippen molar-refractivity contribution in [3.05, 3.63) is 53.1 Å². The van der Waals surface area contributed by atoms with Crippen LogP contribution >= 0.6 is 23.4 Å². The molecule has 9 nitrogen and oxygen atoms in total. The maximum absolute atomic E-state index is 12.8. The van der Waals surface area contributed by atoms with Gasteiger partial charge >= 0.3 is 0 Å². The van der Waals surface area contributed by atoms with E-state index in [-0.39, 0.29) is 51.9 Å². The number of nitrogens with one attached hydrogen (secondary N) is 2. The van der Waals surface area contributed by atoms with E-state index < -0.39 is 15.9 Å². The number of carbonyl (C=O) groups excluding carboxylic acids is 3. The lowest BCUT2D eigenvalue weighted by molar-refractivity contribution is -0.124. The van der Waals surface area contributed by atoms with Crippen molar-refractivity contribution in [2.75, 3.05) is 30.7 Å². The van der Waals surface area contributed by atoms with Crippen LogP contribution in [0.15, 0.2) is 47.4 Å². The van der Waals surface area contributed by atoms with Gasteiger partial charge in [-0.2, -0.15) is 0 Å². The molecule has 164 valence electrons. The number of benzene rings is 2. The van der Waals surface area contributed by atoms with Gasteiger partial charge in [0.05, 0.1) is 23.4 Å². The fourth-order valence-corrected chi connectivity index (χ4v) is 4.78. The highest BCUT2D eigenvalue weighted by Crippen LogP contribution is 2.30. The van der Waals surface area contributed by atoms with Crippen molar-refractivity contribution in [1.82, 2.24) is 10.2 Å². The number of nitrogens with zero attached hydrogens (tertiary/aromatic N) is 1. The number of halogens is 1. The lowest BCUT2D eigenvalue weighted by Crippen LogP contribution is -2.37. The number of carbonyl (C=O) groups is 3. The third kappa shape index (κ3) is 5.49. The maximum Gasteiger partial charge on any atom is 0.288 e. The molecule has 0 saturated carbocycles. The second-order valence-corrected chi connectivity index (χ2v) is 9.38. The minimum absolute atomic E-state index is 0.0461. The summed E-state index contributed by atoms with van der Waals surface area (Å²) in [5.74, 6) is -0.466. The fourth-order valence-electron chi connectivity index (χ4n) is 2.75. The Labute approximate surface area is 188 Å². The molecule has 0 aromatic heterocycles. The Morgan fingerprint density at radius 1 is 1.23 bits per heavy atom. The summed E-state index contributed by atoms with van der Waals surface area (Å²) in [4.78, 5) is 36.5. The second kappa shape index (κ2) is 9.58. The summed E-state index contributed by atoms with van der Waals surface area (Å²) in [7, 11) is -2.64. The van der Waals surface area contributed by atoms with Gasteiger partial charge in [-0.05, 0) is 36.4 Å². The molecule has 0 atom stereocenters. The minimum Gasteiger partial charge on any atom is -0.495 e. The van der Waals surface area contributed by atoms with E-state index in [2.05, 4.69) is 10.0 Å². The molecule has 1 aliphatic heterocycles. The SMILES string of the molecule is COc1ccc(Cl)cc1NS(=O)(=O)c1cccc(C(=O)NCCN2C(=O)CSC2=O)c1. The summed E-state index contributed by atoms with van der Waals surface area (Å²) in [5.41, 5.74) is 0.261. The number of hydrogen-bond acceptors (Lipinski definition) is 7. The van der Waals surface area contributed by atoms with Crippen molar-refractivity contribution in [2.24, 2.45) is 0 Å². The Kier molecular flexibility index (Phi) is 7.08. The molecule has 3 rings (SSSR count). The largest absolute Gasteiger partial charge is 0.495 e. The van der Waals surface area contributed by atoms with Crippen molar-refractivity contribution in [3.8, 4) is 5.75 Å². The van der Waals surface area contributed by atoms with Gasteiger partial charge in [0.1, 0.15) is 5.75 Å². The summed E-state index contributed by atoms with van der Waals surface area (Å²) >= 11 is 6.85. The molecule has 0 spiro atoms. The number of ether oxygens (including phenoxy) is 1. The average Bonchev–Trinajstić information content (AvgIpc) is 3.06. The van der Waals surface area contributed by atoms with Gasteiger partial charge in [-0.25, -0.2) is 8.42 Å². The number of amides is 3. The molecule has 0 aliphatic carbocycles. The van der Waals surface area contributed by atoms with E-state index in [4.69, 9.17) is 16.3 Å². The number of hydrogen-bond donors (Lipinski definition) is 2. The number of sulfonamides is 1. The van der Waals surface area contributed by atoms with Crippen molar-refractivity contribution in [3.63, 3.8) is 0 Å². The highest BCUT2D eigenvalue weighted by molar-refractivity contribution is 8.14. The van der Waals surface area contributed by atoms with Crippen LogP contribution < -0.4 is 14.8 Å². The summed E-state index contributed by atoms with van der Waals surface area (Å²) in [6.45, 7) is 0.0936. The zero-order valence-corrected chi connectivity index (χ0v) is 18.6. The van der Waals surface area contributed by atoms with Crippen LogP contribution in [0.25, 0.3) is 0 Å². The number of rotatable bonds is 8. The summed E-state index contributed by atoms with van der Waals surface area (Å²) in [5, 5.41) is 2.54. The molecule has 0 bridgehead atoms. The number of anilines is 1. The van der Waals surface area contributed by atoms with Gasteiger partial charge in [-0.15, -0.1) is 0 Å². The first-order chi connectivity index (χ1) is 14.7. The Morgan fingerprint density at radius 3 is 2.68 bits per heavy atom. The van der Waals surface area contributed by atoms with Crippen LogP contribution in [0.3, 0.4) is 0 Å². The van der Waals surface area contributed by atoms with E-state index in [0.29, 0.717) is 5.02 Å². The van der Waals surface area contributed by atoms with Crippen LogP contribution in [0.1, 0.15) is 10.4 Å². The molecule has 31 heavy (non-hydrogen) atoms. The van der Waals surface area contributed by atoms with Gasteiger partial charge in [0.25, 0.3) is 21.2 Å². The Hall–Kier alpha value is -2.76. The van der Waals surface area contributed by atoms with E-state index in [1.54, 1.807) is 6.07 Å². The highest BCUT2D eigenvalue weighted by Gasteiger charge is 2.29. The standard InChI is InChI=1S/C19H18ClN3O6S2/c1-29-16-6-5-13(20)10-15(16)22-31(27,28)14-4-2-3-12(9-14)18(25)21-7-8-23-17(24)11-30-19(23)26/h2-6,9-10,22H,7-8,11H2,1H3,(H,21,25). The molecule has 0 radical (unpaired) electrons. The number of imide groups is 1. The third-order valence-electron chi connectivity index (χ3n) is 4.27. The summed E-state index contributed by atoms with van der Waals surface area (Å²) < 4.78 is 33.1. The maximum atomic E-state index is 12.8. The zero-order valence-electron chi connectivity index (χ0n) is 16.3. The smallest absolute Gasteiger partial charge is 0.288 e. The summed E-state index contributed by atoms with van der Waals surface area (Å²) in [6, 6.07) is 9.95. The first kappa shape index (κ1) is 22.9. The molecule has 1 fully saturated rings. The molecule has 0 unspecified atom stereocenters. The Bertz CT molecular complexity index is 1120. The van der Waals surface area contributed by atoms with Crippen LogP contribution in [-0.2, 0) is 14.8 Å². The molecule has 2 aromatic rings. The quantitative estimate of drug-likeness (QED) is 0.591. The minimum atomic E-state index is -4.04. The first-order valence-corrected chi connectivity index (χ1v) is 11.8. The van der Waals surface area contributed by atoms with Crippen molar-refractivity contribution in [2.45, 2.75) is 4.90 Å². The lowest BCUT2D eigenvalue weighted by atomic mass is 10.2. The molecule has 2 aromatic carbocycles. The Morgan fingerprint density at radius 2 is 2.00 bits per heavy atom. The predicted molar refractivity (Wildman–Crippen MR) is 117 cm³/mol. The predicted octanol–water partition coefficient (Wildman–Crippen LogP) is 2.57. The van der Waals surface area contributed by atoms with E-state index >= 15 is 0 Å². The first-order valence-electron chi connectivity index (χ1n) is 8.93. The number of thioether (sulfide) groups is 1. The fraction of sp³-hybridized carbons (Fsp3) is 0.211.